The molecule has 0 unspecified atom stereocenters. The van der Waals surface area contributed by atoms with Crippen molar-refractivity contribution < 1.29 is 9.53 Å². The van der Waals surface area contributed by atoms with Crippen LogP contribution < -0.4 is 15.6 Å². The highest BCUT2D eigenvalue weighted by atomic mass is 32.2. The van der Waals surface area contributed by atoms with Crippen molar-refractivity contribution >= 4 is 28.6 Å². The molecule has 0 aliphatic heterocycles. The van der Waals surface area contributed by atoms with Crippen LogP contribution in [-0.2, 0) is 12.3 Å². The zero-order valence-electron chi connectivity index (χ0n) is 19.4. The number of rotatable bonds is 8. The van der Waals surface area contributed by atoms with Crippen LogP contribution in [0.4, 0.5) is 0 Å². The summed E-state index contributed by atoms with van der Waals surface area (Å²) in [6.07, 6.45) is 0. The quantitative estimate of drug-likeness (QED) is 0.292. The van der Waals surface area contributed by atoms with E-state index >= 15 is 0 Å². The maximum atomic E-state index is 13.5. The third-order valence-electron chi connectivity index (χ3n) is 5.29. The molecule has 6 nitrogen and oxygen atoms in total. The smallest absolute Gasteiger partial charge is 0.262 e. The molecule has 0 aliphatic carbocycles. The van der Waals surface area contributed by atoms with E-state index in [1.54, 1.807) is 29.9 Å². The van der Waals surface area contributed by atoms with Gasteiger partial charge in [0.15, 0.2) is 5.16 Å². The van der Waals surface area contributed by atoms with E-state index in [4.69, 9.17) is 9.72 Å². The van der Waals surface area contributed by atoms with Gasteiger partial charge in [0.25, 0.3) is 11.5 Å². The van der Waals surface area contributed by atoms with E-state index in [9.17, 15) is 9.59 Å². The molecule has 174 valence electrons. The van der Waals surface area contributed by atoms with Crippen molar-refractivity contribution in [2.75, 3.05) is 7.11 Å². The van der Waals surface area contributed by atoms with Crippen LogP contribution in [0.25, 0.3) is 10.9 Å². The van der Waals surface area contributed by atoms with Crippen LogP contribution in [0, 0.1) is 0 Å². The van der Waals surface area contributed by atoms with Gasteiger partial charge in [-0.2, -0.15) is 0 Å². The summed E-state index contributed by atoms with van der Waals surface area (Å²) < 4.78 is 7.04. The molecular formula is C27H27N3O3S. The number of hydrogen-bond acceptors (Lipinski definition) is 5. The number of methoxy groups -OCH3 is 1. The van der Waals surface area contributed by atoms with Crippen LogP contribution in [0.5, 0.6) is 5.75 Å². The summed E-state index contributed by atoms with van der Waals surface area (Å²) in [5.74, 6) is 1.22. The van der Waals surface area contributed by atoms with Crippen LogP contribution in [0.15, 0.2) is 82.7 Å². The van der Waals surface area contributed by atoms with E-state index in [1.807, 2.05) is 68.4 Å². The van der Waals surface area contributed by atoms with E-state index in [-0.39, 0.29) is 17.5 Å². The van der Waals surface area contributed by atoms with Gasteiger partial charge in [-0.3, -0.25) is 14.2 Å². The largest absolute Gasteiger partial charge is 0.497 e. The molecule has 1 N–H and O–H groups in total. The van der Waals surface area contributed by atoms with Gasteiger partial charge in [0.2, 0.25) is 0 Å². The second-order valence-electron chi connectivity index (χ2n) is 8.27. The second kappa shape index (κ2) is 10.6. The third kappa shape index (κ3) is 5.48. The SMILES string of the molecule is COc1cccc(CSc2nc3cc(C(=O)NC(C)C)ccc3c(=O)n2Cc2ccccc2)c1. The summed E-state index contributed by atoms with van der Waals surface area (Å²) in [5, 5.41) is 3.98. The molecule has 0 atom stereocenters. The van der Waals surface area contributed by atoms with E-state index in [1.165, 1.54) is 11.8 Å². The van der Waals surface area contributed by atoms with Gasteiger partial charge in [0, 0.05) is 17.4 Å². The number of hydrogen-bond donors (Lipinski definition) is 1. The molecule has 34 heavy (non-hydrogen) atoms. The van der Waals surface area contributed by atoms with Crippen molar-refractivity contribution in [3.05, 3.63) is 99.8 Å². The lowest BCUT2D eigenvalue weighted by atomic mass is 10.1. The predicted octanol–water partition coefficient (Wildman–Crippen LogP) is 4.88. The molecule has 0 aliphatic rings. The number of carbonyl (C=O) groups is 1. The first kappa shape index (κ1) is 23.6. The Bertz CT molecular complexity index is 1370. The van der Waals surface area contributed by atoms with Crippen molar-refractivity contribution in [3.63, 3.8) is 0 Å². The highest BCUT2D eigenvalue weighted by Crippen LogP contribution is 2.25. The van der Waals surface area contributed by atoms with E-state index in [2.05, 4.69) is 5.32 Å². The molecule has 3 aromatic carbocycles. The lowest BCUT2D eigenvalue weighted by Gasteiger charge is -2.14. The normalized spacial score (nSPS) is 11.1. The molecule has 4 aromatic rings. The van der Waals surface area contributed by atoms with Gasteiger partial charge in [-0.15, -0.1) is 0 Å². The minimum atomic E-state index is -0.183. The molecule has 0 radical (unpaired) electrons. The van der Waals surface area contributed by atoms with Gasteiger partial charge in [0.1, 0.15) is 5.75 Å². The average molecular weight is 474 g/mol. The topological polar surface area (TPSA) is 73.2 Å². The van der Waals surface area contributed by atoms with Crippen molar-refractivity contribution in [3.8, 4) is 5.75 Å². The minimum Gasteiger partial charge on any atom is -0.497 e. The molecule has 0 saturated heterocycles. The maximum Gasteiger partial charge on any atom is 0.262 e. The first-order valence-electron chi connectivity index (χ1n) is 11.1. The Morgan fingerprint density at radius 1 is 1.03 bits per heavy atom. The first-order chi connectivity index (χ1) is 16.4. The number of nitrogens with zero attached hydrogens (tertiary/aromatic N) is 2. The van der Waals surface area contributed by atoms with E-state index in [0.29, 0.717) is 33.9 Å². The molecular weight excluding hydrogens is 446 g/mol. The van der Waals surface area contributed by atoms with Gasteiger partial charge < -0.3 is 10.1 Å². The van der Waals surface area contributed by atoms with E-state index < -0.39 is 0 Å². The fraction of sp³-hybridized carbons (Fsp3) is 0.222. The molecule has 0 fully saturated rings. The summed E-state index contributed by atoms with van der Waals surface area (Å²) >= 11 is 1.49. The lowest BCUT2D eigenvalue weighted by Crippen LogP contribution is -2.30. The van der Waals surface area contributed by atoms with Gasteiger partial charge in [-0.25, -0.2) is 4.98 Å². The molecule has 7 heteroatoms. The number of ether oxygens (including phenoxy) is 1. The summed E-state index contributed by atoms with van der Waals surface area (Å²) in [5.41, 5.74) is 2.95. The number of amides is 1. The van der Waals surface area contributed by atoms with Crippen LogP contribution in [-0.4, -0.2) is 28.6 Å². The van der Waals surface area contributed by atoms with Crippen LogP contribution in [0.3, 0.4) is 0 Å². The zero-order valence-corrected chi connectivity index (χ0v) is 20.3. The number of fused-ring (bicyclic) bond motifs is 1. The minimum absolute atomic E-state index is 0.0176. The van der Waals surface area contributed by atoms with E-state index in [0.717, 1.165) is 16.9 Å². The van der Waals surface area contributed by atoms with Crippen molar-refractivity contribution in [2.24, 2.45) is 0 Å². The van der Waals surface area contributed by atoms with Gasteiger partial charge >= 0.3 is 0 Å². The third-order valence-corrected chi connectivity index (χ3v) is 6.34. The summed E-state index contributed by atoms with van der Waals surface area (Å²) in [4.78, 5) is 30.8. The fourth-order valence-electron chi connectivity index (χ4n) is 3.61. The number of carbonyl (C=O) groups excluding carboxylic acids is 1. The number of aromatic nitrogens is 2. The van der Waals surface area contributed by atoms with Crippen LogP contribution in [0.2, 0.25) is 0 Å². The highest BCUT2D eigenvalue weighted by molar-refractivity contribution is 7.98. The average Bonchev–Trinajstić information content (AvgIpc) is 2.84. The molecule has 1 aromatic heterocycles. The maximum absolute atomic E-state index is 13.5. The standard InChI is InChI=1S/C27H27N3O3S/c1-18(2)28-25(31)21-12-13-23-24(15-21)29-27(34-17-20-10-7-11-22(14-20)33-3)30(26(23)32)16-19-8-5-4-6-9-19/h4-15,18H,16-17H2,1-3H3,(H,28,31). The second-order valence-corrected chi connectivity index (χ2v) is 9.21. The van der Waals surface area contributed by atoms with Crippen LogP contribution in [0.1, 0.15) is 35.3 Å². The van der Waals surface area contributed by atoms with Gasteiger partial charge in [-0.05, 0) is 55.3 Å². The van der Waals surface area contributed by atoms with Crippen molar-refractivity contribution in [2.45, 2.75) is 37.3 Å². The Morgan fingerprint density at radius 2 is 1.79 bits per heavy atom. The van der Waals surface area contributed by atoms with Crippen LogP contribution >= 0.6 is 11.8 Å². The molecule has 4 rings (SSSR count). The van der Waals surface area contributed by atoms with Crippen molar-refractivity contribution in [1.82, 2.24) is 14.9 Å². The number of nitrogens with one attached hydrogen (secondary N) is 1. The highest BCUT2D eigenvalue weighted by Gasteiger charge is 2.15. The number of thioether (sulfide) groups is 1. The summed E-state index contributed by atoms with van der Waals surface area (Å²) in [6.45, 7) is 4.23. The Balaban J connectivity index is 1.75. The van der Waals surface area contributed by atoms with Gasteiger partial charge in [-0.1, -0.05) is 54.2 Å². The molecule has 0 spiro atoms. The Hall–Kier alpha value is -3.58. The lowest BCUT2D eigenvalue weighted by molar-refractivity contribution is 0.0943. The Kier molecular flexibility index (Phi) is 7.33. The fourth-order valence-corrected chi connectivity index (χ4v) is 4.55. The predicted molar refractivity (Wildman–Crippen MR) is 137 cm³/mol. The zero-order chi connectivity index (χ0) is 24.1. The monoisotopic (exact) mass is 473 g/mol. The molecule has 0 saturated carbocycles. The summed E-state index contributed by atoms with van der Waals surface area (Å²) in [7, 11) is 1.64. The van der Waals surface area contributed by atoms with Crippen molar-refractivity contribution in [1.29, 1.82) is 0 Å². The molecule has 1 heterocycles. The number of benzene rings is 3. The summed E-state index contributed by atoms with van der Waals surface area (Å²) in [6, 6.07) is 22.8. The Morgan fingerprint density at radius 3 is 2.53 bits per heavy atom. The first-order valence-corrected chi connectivity index (χ1v) is 12.1. The Labute approximate surface area is 203 Å². The molecule has 1 amide bonds. The molecule has 0 bridgehead atoms. The van der Waals surface area contributed by atoms with Gasteiger partial charge in [0.05, 0.1) is 24.6 Å².